The number of carboxylic acid groups (broad SMARTS) is 1. The largest absolute Gasteiger partial charge is 0.545 e. The van der Waals surface area contributed by atoms with Crippen molar-refractivity contribution in [2.75, 3.05) is 26.1 Å². The summed E-state index contributed by atoms with van der Waals surface area (Å²) >= 11 is 6.47. The van der Waals surface area contributed by atoms with Gasteiger partial charge in [-0.3, -0.25) is 14.5 Å². The minimum absolute atomic E-state index is 0.0156. The lowest BCUT2D eigenvalue weighted by Crippen LogP contribution is -2.31. The third-order valence-electron chi connectivity index (χ3n) is 4.55. The molecular weight excluding hydrogens is 452 g/mol. The molecule has 0 radical (unpaired) electrons. The van der Waals surface area contributed by atoms with Crippen molar-refractivity contribution in [1.29, 1.82) is 0 Å². The van der Waals surface area contributed by atoms with Crippen molar-refractivity contribution in [2.45, 2.75) is 6.42 Å². The van der Waals surface area contributed by atoms with Gasteiger partial charge in [0.1, 0.15) is 4.32 Å². The molecule has 0 unspecified atom stereocenters. The first-order valence-electron chi connectivity index (χ1n) is 9.41. The van der Waals surface area contributed by atoms with E-state index in [1.165, 1.54) is 36.3 Å². The van der Waals surface area contributed by atoms with Gasteiger partial charge in [-0.2, -0.15) is 0 Å². The summed E-state index contributed by atoms with van der Waals surface area (Å²) < 4.78 is 10.9. The fraction of sp³-hybridized carbons (Fsp3) is 0.182. The van der Waals surface area contributed by atoms with Crippen LogP contribution in [0.2, 0.25) is 0 Å². The van der Waals surface area contributed by atoms with Crippen LogP contribution in [-0.4, -0.2) is 47.8 Å². The number of carboxylic acids is 1. The Labute approximate surface area is 194 Å². The number of hydrogen-bond acceptors (Lipinski definition) is 8. The summed E-state index contributed by atoms with van der Waals surface area (Å²) in [6.07, 6.45) is 1.73. The normalized spacial score (nSPS) is 14.6. The molecule has 1 saturated heterocycles. The molecule has 2 amide bonds. The topological polar surface area (TPSA) is 108 Å². The number of benzene rings is 2. The number of rotatable bonds is 8. The number of carbonyl (C=O) groups excluding carboxylic acids is 3. The van der Waals surface area contributed by atoms with Crippen molar-refractivity contribution in [3.05, 3.63) is 58.5 Å². The highest BCUT2D eigenvalue weighted by atomic mass is 32.2. The monoisotopic (exact) mass is 471 g/mol. The van der Waals surface area contributed by atoms with Gasteiger partial charge in [0.15, 0.2) is 11.5 Å². The lowest BCUT2D eigenvalue weighted by molar-refractivity contribution is -0.255. The summed E-state index contributed by atoms with van der Waals surface area (Å²) in [5.74, 6) is -0.776. The summed E-state index contributed by atoms with van der Waals surface area (Å²) in [7, 11) is 3.07. The Balaban J connectivity index is 1.61. The molecule has 32 heavy (non-hydrogen) atoms. The number of carbonyl (C=O) groups is 3. The standard InChI is InChI=1S/C22H20N2O6S2/c1-29-16-8-3-13(11-17(16)30-2)12-18-20(26)24(22(31)32-18)10-9-19(25)23-15-6-4-14(5-7-15)21(27)28/h3-8,11-12H,9-10H2,1-2H3,(H,23,25)(H,27,28)/p-1/b18-12-. The minimum atomic E-state index is -1.29. The second-order valence-corrected chi connectivity index (χ2v) is 8.29. The molecule has 0 aliphatic carbocycles. The van der Waals surface area contributed by atoms with Gasteiger partial charge in [-0.15, -0.1) is 0 Å². The van der Waals surface area contributed by atoms with Crippen LogP contribution in [-0.2, 0) is 9.59 Å². The minimum Gasteiger partial charge on any atom is -0.545 e. The Morgan fingerprint density at radius 1 is 1.12 bits per heavy atom. The van der Waals surface area contributed by atoms with Crippen LogP contribution in [0.3, 0.4) is 0 Å². The quantitative estimate of drug-likeness (QED) is 0.462. The zero-order valence-electron chi connectivity index (χ0n) is 17.2. The maximum atomic E-state index is 12.8. The van der Waals surface area contributed by atoms with Gasteiger partial charge in [0.25, 0.3) is 5.91 Å². The maximum Gasteiger partial charge on any atom is 0.266 e. The highest BCUT2D eigenvalue weighted by Crippen LogP contribution is 2.34. The average molecular weight is 472 g/mol. The third kappa shape index (κ3) is 5.45. The fourth-order valence-corrected chi connectivity index (χ4v) is 4.22. The molecule has 1 N–H and O–H groups in total. The van der Waals surface area contributed by atoms with Crippen LogP contribution in [0.5, 0.6) is 11.5 Å². The molecule has 2 aromatic rings. The number of aromatic carboxylic acids is 1. The second-order valence-electron chi connectivity index (χ2n) is 6.61. The number of hydrogen-bond donors (Lipinski definition) is 1. The zero-order valence-corrected chi connectivity index (χ0v) is 18.9. The number of amides is 2. The van der Waals surface area contributed by atoms with Crippen LogP contribution in [0.15, 0.2) is 47.4 Å². The third-order valence-corrected chi connectivity index (χ3v) is 5.92. The molecule has 8 nitrogen and oxygen atoms in total. The van der Waals surface area contributed by atoms with Gasteiger partial charge in [-0.1, -0.05) is 42.2 Å². The number of thiocarbonyl (C=S) groups is 1. The molecule has 0 aromatic heterocycles. The number of nitrogens with one attached hydrogen (secondary N) is 1. The number of anilines is 1. The fourth-order valence-electron chi connectivity index (χ4n) is 2.91. The van der Waals surface area contributed by atoms with Gasteiger partial charge in [0.2, 0.25) is 5.91 Å². The molecule has 1 aliphatic rings. The molecular formula is C22H19N2O6S2-. The maximum absolute atomic E-state index is 12.8. The van der Waals surface area contributed by atoms with E-state index in [4.69, 9.17) is 21.7 Å². The number of ether oxygens (including phenoxy) is 2. The Hall–Kier alpha value is -3.37. The summed E-state index contributed by atoms with van der Waals surface area (Å²) in [5, 5.41) is 13.4. The van der Waals surface area contributed by atoms with E-state index in [1.54, 1.807) is 31.4 Å². The molecule has 10 heteroatoms. The predicted octanol–water partition coefficient (Wildman–Crippen LogP) is 2.30. The highest BCUT2D eigenvalue weighted by molar-refractivity contribution is 8.26. The van der Waals surface area contributed by atoms with Crippen LogP contribution >= 0.6 is 24.0 Å². The summed E-state index contributed by atoms with van der Waals surface area (Å²) in [6, 6.07) is 10.9. The molecule has 1 aliphatic heterocycles. The molecule has 2 aromatic carbocycles. The van der Waals surface area contributed by atoms with Crippen molar-refractivity contribution < 1.29 is 29.0 Å². The van der Waals surface area contributed by atoms with Gasteiger partial charge in [-0.25, -0.2) is 0 Å². The van der Waals surface area contributed by atoms with Gasteiger partial charge < -0.3 is 24.7 Å². The van der Waals surface area contributed by atoms with Gasteiger partial charge in [0.05, 0.1) is 25.1 Å². The van der Waals surface area contributed by atoms with E-state index in [0.717, 1.165) is 17.3 Å². The first-order valence-corrected chi connectivity index (χ1v) is 10.6. The van der Waals surface area contributed by atoms with Crippen LogP contribution in [0.25, 0.3) is 6.08 Å². The SMILES string of the molecule is COc1ccc(/C=C2\SC(=S)N(CCC(=O)Nc3ccc(C(=O)[O-])cc3)C2=O)cc1OC. The van der Waals surface area contributed by atoms with Crippen LogP contribution in [0.1, 0.15) is 22.3 Å². The molecule has 166 valence electrons. The van der Waals surface area contributed by atoms with E-state index in [-0.39, 0.29) is 30.3 Å². The number of thioether (sulfide) groups is 1. The Morgan fingerprint density at radius 2 is 1.81 bits per heavy atom. The first-order chi connectivity index (χ1) is 15.3. The van der Waals surface area contributed by atoms with E-state index in [0.29, 0.717) is 26.4 Å². The highest BCUT2D eigenvalue weighted by Gasteiger charge is 2.32. The summed E-state index contributed by atoms with van der Waals surface area (Å²) in [5.41, 5.74) is 1.21. The van der Waals surface area contributed by atoms with Crippen molar-refractivity contribution in [2.24, 2.45) is 0 Å². The van der Waals surface area contributed by atoms with Gasteiger partial charge in [-0.05, 0) is 41.5 Å². The lowest BCUT2D eigenvalue weighted by atomic mass is 10.2. The number of methoxy groups -OCH3 is 2. The van der Waals surface area contributed by atoms with E-state index >= 15 is 0 Å². The second kappa shape index (κ2) is 10.3. The molecule has 1 fully saturated rings. The van der Waals surface area contributed by atoms with E-state index < -0.39 is 5.97 Å². The summed E-state index contributed by atoms with van der Waals surface area (Å²) in [6.45, 7) is 0.122. The average Bonchev–Trinajstić information content (AvgIpc) is 3.04. The first kappa shape index (κ1) is 23.3. The summed E-state index contributed by atoms with van der Waals surface area (Å²) in [4.78, 5) is 37.6. The van der Waals surface area contributed by atoms with E-state index in [9.17, 15) is 19.5 Å². The lowest BCUT2D eigenvalue weighted by Gasteiger charge is -2.14. The zero-order chi connectivity index (χ0) is 23.3. The van der Waals surface area contributed by atoms with Crippen LogP contribution < -0.4 is 19.9 Å². The van der Waals surface area contributed by atoms with Gasteiger partial charge >= 0.3 is 0 Å². The number of nitrogens with zero attached hydrogens (tertiary/aromatic N) is 1. The Bertz CT molecular complexity index is 1100. The van der Waals surface area contributed by atoms with Crippen LogP contribution in [0, 0.1) is 0 Å². The predicted molar refractivity (Wildman–Crippen MR) is 123 cm³/mol. The molecule has 0 spiro atoms. The van der Waals surface area contributed by atoms with Crippen molar-refractivity contribution >= 4 is 57.8 Å². The molecule has 3 rings (SSSR count). The van der Waals surface area contributed by atoms with Crippen molar-refractivity contribution in [1.82, 2.24) is 4.90 Å². The van der Waals surface area contributed by atoms with E-state index in [1.807, 2.05) is 0 Å². The van der Waals surface area contributed by atoms with Crippen molar-refractivity contribution in [3.8, 4) is 11.5 Å². The van der Waals surface area contributed by atoms with E-state index in [2.05, 4.69) is 5.32 Å². The smallest absolute Gasteiger partial charge is 0.266 e. The molecule has 0 bridgehead atoms. The molecule has 0 saturated carbocycles. The van der Waals surface area contributed by atoms with Crippen molar-refractivity contribution in [3.63, 3.8) is 0 Å². The Kier molecular flexibility index (Phi) is 7.49. The Morgan fingerprint density at radius 3 is 2.44 bits per heavy atom. The van der Waals surface area contributed by atoms with Gasteiger partial charge in [0, 0.05) is 18.7 Å². The molecule has 1 heterocycles. The van der Waals surface area contributed by atoms with Crippen LogP contribution in [0.4, 0.5) is 5.69 Å². The molecule has 0 atom stereocenters.